The lowest BCUT2D eigenvalue weighted by atomic mass is 9.96. The van der Waals surface area contributed by atoms with Crippen LogP contribution in [0.3, 0.4) is 0 Å². The van der Waals surface area contributed by atoms with Crippen LogP contribution in [0, 0.1) is 0 Å². The van der Waals surface area contributed by atoms with Crippen LogP contribution in [-0.2, 0) is 16.4 Å². The van der Waals surface area contributed by atoms with E-state index >= 15 is 0 Å². The zero-order valence-electron chi connectivity index (χ0n) is 15.6. The average Bonchev–Trinajstić information content (AvgIpc) is 2.61. The van der Waals surface area contributed by atoms with Crippen molar-refractivity contribution in [3.05, 3.63) is 17.7 Å². The monoisotopic (exact) mass is 369 g/mol. The summed E-state index contributed by atoms with van der Waals surface area (Å²) < 4.78 is 39.8. The molecule has 1 fully saturated rings. The summed E-state index contributed by atoms with van der Waals surface area (Å²) >= 11 is 0. The van der Waals surface area contributed by atoms with Crippen molar-refractivity contribution in [1.29, 1.82) is 0 Å². The van der Waals surface area contributed by atoms with E-state index in [4.69, 9.17) is 9.47 Å². The first-order valence-corrected chi connectivity index (χ1v) is 10.8. The van der Waals surface area contributed by atoms with Gasteiger partial charge >= 0.3 is 0 Å². The molecule has 1 aliphatic rings. The molecule has 0 radical (unpaired) electrons. The Balaban J connectivity index is 2.37. The van der Waals surface area contributed by atoms with E-state index in [1.807, 2.05) is 6.07 Å². The minimum Gasteiger partial charge on any atom is -0.497 e. The molecule has 0 unspecified atom stereocenters. The number of aryl methyl sites for hydroxylation is 1. The second kappa shape index (κ2) is 9.43. The highest BCUT2D eigenvalue weighted by Gasteiger charge is 2.28. The van der Waals surface area contributed by atoms with Crippen LogP contribution >= 0.6 is 0 Å². The highest BCUT2D eigenvalue weighted by molar-refractivity contribution is 7.89. The fourth-order valence-electron chi connectivity index (χ4n) is 3.46. The molecule has 2 rings (SSSR count). The smallest absolute Gasteiger partial charge is 0.244 e. The molecule has 5 nitrogen and oxygen atoms in total. The Labute approximate surface area is 152 Å². The Kier molecular flexibility index (Phi) is 7.56. The zero-order valence-corrected chi connectivity index (χ0v) is 16.5. The van der Waals surface area contributed by atoms with Crippen LogP contribution < -0.4 is 14.2 Å². The van der Waals surface area contributed by atoms with Crippen LogP contribution in [0.25, 0.3) is 0 Å². The second-order valence-corrected chi connectivity index (χ2v) is 8.38. The average molecular weight is 370 g/mol. The van der Waals surface area contributed by atoms with Gasteiger partial charge in [-0.15, -0.1) is 0 Å². The van der Waals surface area contributed by atoms with E-state index in [1.165, 1.54) is 13.5 Å². The molecule has 0 saturated heterocycles. The lowest BCUT2D eigenvalue weighted by Crippen LogP contribution is -2.36. The first kappa shape index (κ1) is 20.0. The van der Waals surface area contributed by atoms with Crippen LogP contribution in [0.15, 0.2) is 17.0 Å². The maximum absolute atomic E-state index is 13.1. The maximum atomic E-state index is 13.1. The van der Waals surface area contributed by atoms with Gasteiger partial charge in [0.2, 0.25) is 10.0 Å². The third-order valence-electron chi connectivity index (χ3n) is 4.81. The maximum Gasteiger partial charge on any atom is 0.244 e. The van der Waals surface area contributed by atoms with Crippen molar-refractivity contribution in [2.24, 2.45) is 0 Å². The van der Waals surface area contributed by atoms with Gasteiger partial charge in [0.15, 0.2) is 0 Å². The van der Waals surface area contributed by atoms with Gasteiger partial charge in [0.05, 0.1) is 14.2 Å². The van der Waals surface area contributed by atoms with E-state index < -0.39 is 10.0 Å². The van der Waals surface area contributed by atoms with Crippen molar-refractivity contribution in [3.8, 4) is 11.5 Å². The summed E-state index contributed by atoms with van der Waals surface area (Å²) in [6.07, 6.45) is 8.95. The molecule has 1 saturated carbocycles. The molecule has 1 aromatic rings. The van der Waals surface area contributed by atoms with Crippen LogP contribution in [0.5, 0.6) is 11.5 Å². The highest BCUT2D eigenvalue weighted by Crippen LogP contribution is 2.34. The SMILES string of the molecule is CCCCCc1cc(OC)cc(OC)c1S(=O)(=O)NC1CCCCC1. The minimum atomic E-state index is -3.63. The molecule has 0 heterocycles. The molecule has 0 atom stereocenters. The van der Waals surface area contributed by atoms with Gasteiger partial charge in [0.1, 0.15) is 16.4 Å². The van der Waals surface area contributed by atoms with Gasteiger partial charge in [-0.2, -0.15) is 0 Å². The number of hydrogen-bond donors (Lipinski definition) is 1. The number of benzene rings is 1. The number of sulfonamides is 1. The predicted octanol–water partition coefficient (Wildman–Crippen LogP) is 4.05. The molecule has 0 aromatic heterocycles. The Morgan fingerprint density at radius 2 is 1.80 bits per heavy atom. The fourth-order valence-corrected chi connectivity index (χ4v) is 5.16. The van der Waals surface area contributed by atoms with Crippen molar-refractivity contribution in [2.75, 3.05) is 14.2 Å². The normalized spacial score (nSPS) is 16.0. The van der Waals surface area contributed by atoms with E-state index in [-0.39, 0.29) is 10.9 Å². The summed E-state index contributed by atoms with van der Waals surface area (Å²) in [6, 6.07) is 3.50. The van der Waals surface area contributed by atoms with Gasteiger partial charge in [-0.25, -0.2) is 13.1 Å². The molecule has 0 aliphatic heterocycles. The van der Waals surface area contributed by atoms with Gasteiger partial charge in [-0.1, -0.05) is 39.0 Å². The second-order valence-electron chi connectivity index (χ2n) is 6.73. The van der Waals surface area contributed by atoms with Gasteiger partial charge in [0, 0.05) is 12.1 Å². The van der Waals surface area contributed by atoms with E-state index in [0.717, 1.165) is 50.5 Å². The summed E-state index contributed by atoms with van der Waals surface area (Å²) in [5.41, 5.74) is 0.771. The van der Waals surface area contributed by atoms with E-state index in [9.17, 15) is 8.42 Å². The molecule has 1 aromatic carbocycles. The summed E-state index contributed by atoms with van der Waals surface area (Å²) in [7, 11) is -0.539. The largest absolute Gasteiger partial charge is 0.497 e. The lowest BCUT2D eigenvalue weighted by Gasteiger charge is -2.24. The summed E-state index contributed by atoms with van der Waals surface area (Å²) in [6.45, 7) is 2.13. The van der Waals surface area contributed by atoms with E-state index in [2.05, 4.69) is 11.6 Å². The first-order chi connectivity index (χ1) is 12.0. The topological polar surface area (TPSA) is 64.6 Å². The number of nitrogens with one attached hydrogen (secondary N) is 1. The predicted molar refractivity (Wildman–Crippen MR) is 100.0 cm³/mol. The molecule has 0 bridgehead atoms. The molecular weight excluding hydrogens is 338 g/mol. The van der Waals surface area contributed by atoms with Crippen LogP contribution in [-0.4, -0.2) is 28.7 Å². The lowest BCUT2D eigenvalue weighted by molar-refractivity contribution is 0.382. The molecule has 1 aliphatic carbocycles. The third kappa shape index (κ3) is 5.35. The summed E-state index contributed by atoms with van der Waals surface area (Å²) in [5, 5.41) is 0. The fraction of sp³-hybridized carbons (Fsp3) is 0.684. The number of unbranched alkanes of at least 4 members (excludes halogenated alkanes) is 2. The van der Waals surface area contributed by atoms with Crippen molar-refractivity contribution >= 4 is 10.0 Å². The summed E-state index contributed by atoms with van der Waals surface area (Å²) in [5.74, 6) is 0.981. The van der Waals surface area contributed by atoms with Gasteiger partial charge in [-0.05, 0) is 37.3 Å². The highest BCUT2D eigenvalue weighted by atomic mass is 32.2. The molecule has 1 N–H and O–H groups in total. The quantitative estimate of drug-likeness (QED) is 0.667. The van der Waals surface area contributed by atoms with Crippen LogP contribution in [0.4, 0.5) is 0 Å². The van der Waals surface area contributed by atoms with Gasteiger partial charge < -0.3 is 9.47 Å². The molecule has 25 heavy (non-hydrogen) atoms. The molecular formula is C19H31NO4S. The number of ether oxygens (including phenoxy) is 2. The van der Waals surface area contributed by atoms with Crippen molar-refractivity contribution in [1.82, 2.24) is 4.72 Å². The standard InChI is InChI=1S/C19H31NO4S/c1-4-5-7-10-15-13-17(23-2)14-18(24-3)19(15)25(21,22)20-16-11-8-6-9-12-16/h13-14,16,20H,4-12H2,1-3H3. The van der Waals surface area contributed by atoms with Crippen LogP contribution in [0.1, 0.15) is 63.9 Å². The Morgan fingerprint density at radius 1 is 1.08 bits per heavy atom. The Morgan fingerprint density at radius 3 is 2.40 bits per heavy atom. The third-order valence-corrected chi connectivity index (χ3v) is 6.45. The molecule has 0 amide bonds. The first-order valence-electron chi connectivity index (χ1n) is 9.29. The number of hydrogen-bond acceptors (Lipinski definition) is 4. The molecule has 0 spiro atoms. The Bertz CT molecular complexity index is 652. The van der Waals surface area contributed by atoms with Crippen LogP contribution in [0.2, 0.25) is 0 Å². The number of rotatable bonds is 9. The van der Waals surface area contributed by atoms with Crippen molar-refractivity contribution in [3.63, 3.8) is 0 Å². The Hall–Kier alpha value is -1.27. The minimum absolute atomic E-state index is 0.0223. The van der Waals surface area contributed by atoms with E-state index in [1.54, 1.807) is 13.2 Å². The summed E-state index contributed by atoms with van der Waals surface area (Å²) in [4.78, 5) is 0.275. The number of methoxy groups -OCH3 is 2. The van der Waals surface area contributed by atoms with Crippen molar-refractivity contribution in [2.45, 2.75) is 75.6 Å². The zero-order chi connectivity index (χ0) is 18.3. The molecule has 142 valence electrons. The van der Waals surface area contributed by atoms with Gasteiger partial charge in [-0.3, -0.25) is 0 Å². The van der Waals surface area contributed by atoms with Gasteiger partial charge in [0.25, 0.3) is 0 Å². The van der Waals surface area contributed by atoms with Crippen molar-refractivity contribution < 1.29 is 17.9 Å². The van der Waals surface area contributed by atoms with E-state index in [0.29, 0.717) is 17.9 Å². The molecule has 6 heteroatoms.